The van der Waals surface area contributed by atoms with Gasteiger partial charge >= 0.3 is 0 Å². The number of hydrogen-bond acceptors (Lipinski definition) is 1. The molecule has 0 saturated carbocycles. The van der Waals surface area contributed by atoms with Crippen molar-refractivity contribution in [1.29, 1.82) is 0 Å². The first kappa shape index (κ1) is 36.6. The van der Waals surface area contributed by atoms with Crippen LogP contribution in [0.1, 0.15) is 70.1 Å². The number of allylic oxidation sites excluding steroid dienone is 7. The summed E-state index contributed by atoms with van der Waals surface area (Å²) in [6.07, 6.45) is 14.4. The molecule has 0 radical (unpaired) electrons. The summed E-state index contributed by atoms with van der Waals surface area (Å²) in [5, 5.41) is 10.5. The van der Waals surface area contributed by atoms with Crippen molar-refractivity contribution in [3.63, 3.8) is 0 Å². The SMILES string of the molecule is CC1(C)C2=CC(c3cc4cc(-c5cccc6ccccc56)c5ccccc5c4c4ccccc34)CC=C2c2ccc(N(C3=CCC(C(C)(C)C)C=C3)c3ccccc3)cc21. The van der Waals surface area contributed by atoms with Crippen molar-refractivity contribution in [3.05, 3.63) is 210 Å². The van der Waals surface area contributed by atoms with Crippen molar-refractivity contribution >= 4 is 60.0 Å². The summed E-state index contributed by atoms with van der Waals surface area (Å²) in [7, 11) is 0. The van der Waals surface area contributed by atoms with Gasteiger partial charge in [0, 0.05) is 28.4 Å². The Balaban J connectivity index is 1.03. The molecule has 60 heavy (non-hydrogen) atoms. The zero-order valence-corrected chi connectivity index (χ0v) is 35.3. The van der Waals surface area contributed by atoms with Crippen LogP contribution in [0.25, 0.3) is 59.8 Å². The van der Waals surface area contributed by atoms with E-state index in [-0.39, 0.29) is 16.7 Å². The minimum atomic E-state index is -0.156. The van der Waals surface area contributed by atoms with Gasteiger partial charge in [0.15, 0.2) is 0 Å². The van der Waals surface area contributed by atoms with Crippen molar-refractivity contribution in [3.8, 4) is 11.1 Å². The quantitative estimate of drug-likeness (QED) is 0.157. The van der Waals surface area contributed by atoms with E-state index >= 15 is 0 Å². The third kappa shape index (κ3) is 5.81. The molecule has 3 aliphatic rings. The van der Waals surface area contributed by atoms with Crippen LogP contribution in [0.15, 0.2) is 193 Å². The average Bonchev–Trinajstić information content (AvgIpc) is 3.50. The Morgan fingerprint density at radius 3 is 1.98 bits per heavy atom. The molecule has 0 saturated heterocycles. The van der Waals surface area contributed by atoms with Gasteiger partial charge < -0.3 is 4.90 Å². The molecule has 8 aromatic carbocycles. The Hall–Kier alpha value is -6.44. The van der Waals surface area contributed by atoms with E-state index in [1.165, 1.54) is 99.1 Å². The van der Waals surface area contributed by atoms with E-state index in [2.05, 4.69) is 222 Å². The van der Waals surface area contributed by atoms with Crippen molar-refractivity contribution in [1.82, 2.24) is 0 Å². The van der Waals surface area contributed by atoms with Crippen LogP contribution in [0, 0.1) is 11.3 Å². The molecule has 8 aromatic rings. The topological polar surface area (TPSA) is 3.24 Å². The molecule has 2 unspecified atom stereocenters. The molecule has 0 spiro atoms. The van der Waals surface area contributed by atoms with Gasteiger partial charge in [-0.15, -0.1) is 0 Å². The lowest BCUT2D eigenvalue weighted by molar-refractivity contribution is 0.293. The second-order valence-electron chi connectivity index (χ2n) is 18.9. The number of nitrogens with zero attached hydrogens (tertiary/aromatic N) is 1. The zero-order valence-electron chi connectivity index (χ0n) is 35.3. The lowest BCUT2D eigenvalue weighted by Gasteiger charge is -2.33. The van der Waals surface area contributed by atoms with Crippen LogP contribution in [-0.4, -0.2) is 0 Å². The largest absolute Gasteiger partial charge is 0.311 e. The van der Waals surface area contributed by atoms with Gasteiger partial charge in [0.1, 0.15) is 0 Å². The van der Waals surface area contributed by atoms with Gasteiger partial charge in [-0.1, -0.05) is 174 Å². The summed E-state index contributed by atoms with van der Waals surface area (Å²) in [5.74, 6) is 0.783. The molecule has 0 fully saturated rings. The molecule has 3 aliphatic carbocycles. The first-order valence-corrected chi connectivity index (χ1v) is 21.8. The van der Waals surface area contributed by atoms with Crippen LogP contribution in [0.5, 0.6) is 0 Å². The van der Waals surface area contributed by atoms with Crippen LogP contribution in [0.4, 0.5) is 11.4 Å². The Kier molecular flexibility index (Phi) is 8.43. The summed E-state index contributed by atoms with van der Waals surface area (Å²) < 4.78 is 0. The number of hydrogen-bond donors (Lipinski definition) is 0. The Morgan fingerprint density at radius 2 is 1.23 bits per heavy atom. The van der Waals surface area contributed by atoms with E-state index in [0.29, 0.717) is 5.92 Å². The van der Waals surface area contributed by atoms with E-state index in [1.54, 1.807) is 0 Å². The smallest absolute Gasteiger partial charge is 0.0464 e. The molecule has 292 valence electrons. The molecule has 1 nitrogen and oxygen atoms in total. The maximum Gasteiger partial charge on any atom is 0.0464 e. The van der Waals surface area contributed by atoms with Gasteiger partial charge in [0.25, 0.3) is 0 Å². The number of rotatable bonds is 5. The van der Waals surface area contributed by atoms with Crippen LogP contribution in [-0.2, 0) is 5.41 Å². The first-order chi connectivity index (χ1) is 29.1. The van der Waals surface area contributed by atoms with Gasteiger partial charge in [0.05, 0.1) is 0 Å². The average molecular weight is 774 g/mol. The molecular formula is C59H51N. The predicted molar refractivity (Wildman–Crippen MR) is 258 cm³/mol. The fourth-order valence-electron chi connectivity index (χ4n) is 10.7. The van der Waals surface area contributed by atoms with Crippen LogP contribution < -0.4 is 4.90 Å². The molecule has 0 amide bonds. The number of benzene rings is 8. The summed E-state index contributed by atoms with van der Waals surface area (Å²) in [6.45, 7) is 11.9. The zero-order chi connectivity index (χ0) is 40.8. The molecule has 0 aliphatic heterocycles. The Labute approximate surface area is 354 Å². The van der Waals surface area contributed by atoms with Crippen molar-refractivity contribution in [2.75, 3.05) is 4.90 Å². The monoisotopic (exact) mass is 773 g/mol. The van der Waals surface area contributed by atoms with Crippen LogP contribution in [0.3, 0.4) is 0 Å². The predicted octanol–water partition coefficient (Wildman–Crippen LogP) is 16.4. The lowest BCUT2D eigenvalue weighted by Crippen LogP contribution is -2.23. The Morgan fingerprint density at radius 1 is 0.550 bits per heavy atom. The minimum Gasteiger partial charge on any atom is -0.311 e. The van der Waals surface area contributed by atoms with E-state index in [9.17, 15) is 0 Å². The fraction of sp³-hybridized carbons (Fsp3) is 0.186. The van der Waals surface area contributed by atoms with E-state index < -0.39 is 0 Å². The third-order valence-corrected chi connectivity index (χ3v) is 14.0. The van der Waals surface area contributed by atoms with E-state index in [4.69, 9.17) is 0 Å². The first-order valence-electron chi connectivity index (χ1n) is 21.8. The number of para-hydroxylation sites is 1. The highest BCUT2D eigenvalue weighted by Gasteiger charge is 2.41. The maximum atomic E-state index is 2.63. The summed E-state index contributed by atoms with van der Waals surface area (Å²) in [4.78, 5) is 2.46. The van der Waals surface area contributed by atoms with Gasteiger partial charge in [0.2, 0.25) is 0 Å². The molecule has 1 heteroatoms. The molecule has 0 aromatic heterocycles. The molecule has 0 heterocycles. The highest BCUT2D eigenvalue weighted by molar-refractivity contribution is 6.25. The third-order valence-electron chi connectivity index (χ3n) is 14.0. The van der Waals surface area contributed by atoms with Gasteiger partial charge in [-0.25, -0.2) is 0 Å². The highest BCUT2D eigenvalue weighted by Crippen LogP contribution is 2.55. The minimum absolute atomic E-state index is 0.156. The molecule has 0 N–H and O–H groups in total. The standard InChI is InChI=1S/C59H51N/c1-58(2,3)41-27-29-43(30-28-41)60(42-18-7-6-8-19-42)44-31-33-50-49-32-26-39(36-55(49)59(4,5)56(50)37-44)53-34-40-35-54(46-25-15-17-38-16-9-10-20-45(38)46)48-22-12-14-24-52(48)57(40)51-23-13-11-21-47(51)53/h6-25,27,29-37,39,41H,26,28H2,1-5H3. The maximum absolute atomic E-state index is 2.63. The van der Waals surface area contributed by atoms with Crippen molar-refractivity contribution in [2.45, 2.75) is 58.8 Å². The molecule has 11 rings (SSSR count). The molecule has 2 atom stereocenters. The second kappa shape index (κ2) is 13.8. The number of anilines is 2. The summed E-state index contributed by atoms with van der Waals surface area (Å²) in [6, 6.07) is 56.8. The van der Waals surface area contributed by atoms with Crippen molar-refractivity contribution in [2.24, 2.45) is 11.3 Å². The van der Waals surface area contributed by atoms with Gasteiger partial charge in [-0.2, -0.15) is 0 Å². The fourth-order valence-corrected chi connectivity index (χ4v) is 10.7. The Bertz CT molecular complexity index is 3160. The van der Waals surface area contributed by atoms with E-state index in [1.807, 2.05) is 0 Å². The lowest BCUT2D eigenvalue weighted by atomic mass is 9.76. The van der Waals surface area contributed by atoms with E-state index in [0.717, 1.165) is 12.8 Å². The highest BCUT2D eigenvalue weighted by atomic mass is 15.1. The number of fused-ring (bicyclic) bond motifs is 9. The normalized spacial score (nSPS) is 18.3. The van der Waals surface area contributed by atoms with Crippen molar-refractivity contribution < 1.29 is 0 Å². The van der Waals surface area contributed by atoms with Gasteiger partial charge in [-0.3, -0.25) is 0 Å². The van der Waals surface area contributed by atoms with Crippen LogP contribution in [0.2, 0.25) is 0 Å². The molecule has 0 bridgehead atoms. The van der Waals surface area contributed by atoms with Crippen LogP contribution >= 0.6 is 0 Å². The summed E-state index contributed by atoms with van der Waals surface area (Å²) >= 11 is 0. The summed E-state index contributed by atoms with van der Waals surface area (Å²) in [5.41, 5.74) is 13.3. The second-order valence-corrected chi connectivity index (χ2v) is 18.9. The molecular weight excluding hydrogens is 723 g/mol. The van der Waals surface area contributed by atoms with Gasteiger partial charge in [-0.05, 0) is 149 Å².